The van der Waals surface area contributed by atoms with E-state index in [4.69, 9.17) is 8.94 Å². The van der Waals surface area contributed by atoms with Crippen molar-refractivity contribution >= 4 is 5.91 Å². The van der Waals surface area contributed by atoms with E-state index in [1.807, 2.05) is 0 Å². The molecule has 0 bridgehead atoms. The Kier molecular flexibility index (Phi) is 4.57. The van der Waals surface area contributed by atoms with Gasteiger partial charge in [0.1, 0.15) is 0 Å². The van der Waals surface area contributed by atoms with Crippen LogP contribution in [0.1, 0.15) is 38.0 Å². The molecule has 134 valence electrons. The molecule has 1 amide bonds. The van der Waals surface area contributed by atoms with Gasteiger partial charge in [-0.1, -0.05) is 5.16 Å². The molecule has 0 N–H and O–H groups in total. The summed E-state index contributed by atoms with van der Waals surface area (Å²) in [6.45, 7) is 2.01. The molecule has 7 heteroatoms. The molecule has 0 aromatic carbocycles. The molecule has 2 fully saturated rings. The molecule has 0 spiro atoms. The molecule has 4 heterocycles. The molecule has 2 saturated heterocycles. The molecule has 4 rings (SSSR count). The summed E-state index contributed by atoms with van der Waals surface area (Å²) in [4.78, 5) is 21.5. The van der Waals surface area contributed by atoms with Gasteiger partial charge in [0.25, 0.3) is 0 Å². The number of carbonyl (C=O) groups is 1. The highest BCUT2D eigenvalue weighted by Crippen LogP contribution is 2.29. The monoisotopic (exact) mass is 344 g/mol. The summed E-state index contributed by atoms with van der Waals surface area (Å²) in [7, 11) is 2.17. The average molecular weight is 344 g/mol. The number of carbonyl (C=O) groups excluding carboxylic acids is 1. The Morgan fingerprint density at radius 3 is 2.88 bits per heavy atom. The van der Waals surface area contributed by atoms with Gasteiger partial charge in [-0.3, -0.25) is 4.79 Å². The van der Waals surface area contributed by atoms with Crippen molar-refractivity contribution in [2.45, 2.75) is 50.6 Å². The van der Waals surface area contributed by atoms with E-state index >= 15 is 0 Å². The third kappa shape index (κ3) is 3.33. The topological polar surface area (TPSA) is 75.6 Å². The van der Waals surface area contributed by atoms with E-state index in [-0.39, 0.29) is 5.91 Å². The predicted molar refractivity (Wildman–Crippen MR) is 90.7 cm³/mol. The van der Waals surface area contributed by atoms with Crippen LogP contribution in [0.5, 0.6) is 0 Å². The van der Waals surface area contributed by atoms with Gasteiger partial charge in [0, 0.05) is 31.5 Å². The van der Waals surface area contributed by atoms with Crippen molar-refractivity contribution in [3.8, 4) is 11.6 Å². The average Bonchev–Trinajstić information content (AvgIpc) is 3.37. The summed E-state index contributed by atoms with van der Waals surface area (Å²) < 4.78 is 10.5. The predicted octanol–water partition coefficient (Wildman–Crippen LogP) is 2.35. The molecular formula is C18H24N4O3. The van der Waals surface area contributed by atoms with E-state index < -0.39 is 0 Å². The summed E-state index contributed by atoms with van der Waals surface area (Å²) in [5.41, 5.74) is 0. The number of rotatable bonds is 5. The summed E-state index contributed by atoms with van der Waals surface area (Å²) in [6.07, 6.45) is 7.09. The Balaban J connectivity index is 1.35. The number of likely N-dealkylation sites (tertiary alicyclic amines) is 2. The fraction of sp³-hybridized carbons (Fsp3) is 0.611. The van der Waals surface area contributed by atoms with Crippen LogP contribution in [0.4, 0.5) is 0 Å². The molecule has 2 aliphatic rings. The van der Waals surface area contributed by atoms with Gasteiger partial charge in [0.2, 0.25) is 17.6 Å². The molecule has 2 atom stereocenters. The molecular weight excluding hydrogens is 320 g/mol. The van der Waals surface area contributed by atoms with Crippen molar-refractivity contribution in [2.75, 3.05) is 20.1 Å². The van der Waals surface area contributed by atoms with Crippen molar-refractivity contribution in [1.82, 2.24) is 19.9 Å². The van der Waals surface area contributed by atoms with Crippen LogP contribution in [-0.4, -0.2) is 58.1 Å². The third-order valence-corrected chi connectivity index (χ3v) is 5.40. The van der Waals surface area contributed by atoms with E-state index in [9.17, 15) is 4.79 Å². The molecule has 7 nitrogen and oxygen atoms in total. The highest BCUT2D eigenvalue weighted by molar-refractivity contribution is 5.77. The maximum atomic E-state index is 12.7. The van der Waals surface area contributed by atoms with E-state index in [0.29, 0.717) is 42.4 Å². The van der Waals surface area contributed by atoms with Crippen LogP contribution in [-0.2, 0) is 11.2 Å². The lowest BCUT2D eigenvalue weighted by molar-refractivity contribution is -0.133. The summed E-state index contributed by atoms with van der Waals surface area (Å²) in [5, 5.41) is 3.91. The van der Waals surface area contributed by atoms with Gasteiger partial charge in [-0.2, -0.15) is 4.98 Å². The van der Waals surface area contributed by atoms with Crippen molar-refractivity contribution in [3.05, 3.63) is 24.3 Å². The molecule has 2 aliphatic heterocycles. The Labute approximate surface area is 147 Å². The third-order valence-electron chi connectivity index (χ3n) is 5.40. The molecule has 0 aliphatic carbocycles. The number of nitrogens with zero attached hydrogens (tertiary/aromatic N) is 4. The van der Waals surface area contributed by atoms with Gasteiger partial charge < -0.3 is 18.7 Å². The molecule has 25 heavy (non-hydrogen) atoms. The zero-order valence-electron chi connectivity index (χ0n) is 14.6. The van der Waals surface area contributed by atoms with Crippen LogP contribution in [0.25, 0.3) is 11.6 Å². The van der Waals surface area contributed by atoms with Crippen molar-refractivity contribution < 1.29 is 13.7 Å². The fourth-order valence-electron chi connectivity index (χ4n) is 4.14. The van der Waals surface area contributed by atoms with E-state index in [1.54, 1.807) is 18.4 Å². The molecule has 0 saturated carbocycles. The van der Waals surface area contributed by atoms with Crippen molar-refractivity contribution in [2.24, 2.45) is 0 Å². The Bertz CT molecular complexity index is 712. The highest BCUT2D eigenvalue weighted by Gasteiger charge is 2.38. The van der Waals surface area contributed by atoms with Crippen LogP contribution in [0.2, 0.25) is 0 Å². The Hall–Kier alpha value is -2.15. The molecule has 2 aromatic rings. The van der Waals surface area contributed by atoms with Gasteiger partial charge in [-0.05, 0) is 51.4 Å². The zero-order chi connectivity index (χ0) is 17.2. The van der Waals surface area contributed by atoms with Crippen molar-refractivity contribution in [1.29, 1.82) is 0 Å². The number of amides is 1. The van der Waals surface area contributed by atoms with Crippen LogP contribution < -0.4 is 0 Å². The molecule has 0 radical (unpaired) electrons. The number of likely N-dealkylation sites (N-methyl/N-ethyl adjacent to an activating group) is 1. The quantitative estimate of drug-likeness (QED) is 0.829. The standard InChI is InChI=1S/C18H24N4O3/c1-21-10-2-5-13(21)14-6-3-11-22(14)17(23)9-8-16-19-18(20-25-16)15-7-4-12-24-15/h4,7,12-14H,2-3,5-6,8-11H2,1H3/t13-,14+/m0/s1. The van der Waals surface area contributed by atoms with Crippen LogP contribution in [0, 0.1) is 0 Å². The number of hydrogen-bond acceptors (Lipinski definition) is 6. The first kappa shape index (κ1) is 16.3. The lowest BCUT2D eigenvalue weighted by Gasteiger charge is -2.33. The summed E-state index contributed by atoms with van der Waals surface area (Å²) >= 11 is 0. The minimum atomic E-state index is 0.195. The SMILES string of the molecule is CN1CCC[C@H]1[C@H]1CCCN1C(=O)CCc1nc(-c2ccco2)no1. The van der Waals surface area contributed by atoms with Gasteiger partial charge in [0.05, 0.1) is 6.26 Å². The number of aromatic nitrogens is 2. The summed E-state index contributed by atoms with van der Waals surface area (Å²) in [6, 6.07) is 4.44. The first-order valence-corrected chi connectivity index (χ1v) is 9.08. The first-order chi connectivity index (χ1) is 12.2. The van der Waals surface area contributed by atoms with E-state index in [1.165, 1.54) is 12.8 Å². The van der Waals surface area contributed by atoms with Gasteiger partial charge in [0.15, 0.2) is 5.76 Å². The van der Waals surface area contributed by atoms with Crippen LogP contribution in [0.15, 0.2) is 27.3 Å². The minimum Gasteiger partial charge on any atom is -0.461 e. The smallest absolute Gasteiger partial charge is 0.238 e. The first-order valence-electron chi connectivity index (χ1n) is 9.08. The summed E-state index contributed by atoms with van der Waals surface area (Å²) in [5.74, 6) is 1.68. The Morgan fingerprint density at radius 2 is 2.12 bits per heavy atom. The number of furan rings is 1. The second-order valence-electron chi connectivity index (χ2n) is 6.98. The second kappa shape index (κ2) is 7.00. The second-order valence-corrected chi connectivity index (χ2v) is 6.98. The van der Waals surface area contributed by atoms with E-state index in [0.717, 1.165) is 25.9 Å². The van der Waals surface area contributed by atoms with Gasteiger partial charge >= 0.3 is 0 Å². The maximum Gasteiger partial charge on any atom is 0.238 e. The zero-order valence-corrected chi connectivity index (χ0v) is 14.6. The number of aryl methyl sites for hydroxylation is 1. The molecule has 2 aromatic heterocycles. The largest absolute Gasteiger partial charge is 0.461 e. The lowest BCUT2D eigenvalue weighted by atomic mass is 10.0. The number of hydrogen-bond donors (Lipinski definition) is 0. The normalized spacial score (nSPS) is 24.3. The van der Waals surface area contributed by atoms with E-state index in [2.05, 4.69) is 27.0 Å². The fourth-order valence-corrected chi connectivity index (χ4v) is 4.14. The highest BCUT2D eigenvalue weighted by atomic mass is 16.5. The van der Waals surface area contributed by atoms with Gasteiger partial charge in [-0.25, -0.2) is 0 Å². The molecule has 0 unspecified atom stereocenters. The lowest BCUT2D eigenvalue weighted by Crippen LogP contribution is -2.47. The minimum absolute atomic E-state index is 0.195. The maximum absolute atomic E-state index is 12.7. The van der Waals surface area contributed by atoms with Crippen LogP contribution in [0.3, 0.4) is 0 Å². The Morgan fingerprint density at radius 1 is 1.28 bits per heavy atom. The van der Waals surface area contributed by atoms with Gasteiger partial charge in [-0.15, -0.1) is 0 Å². The van der Waals surface area contributed by atoms with Crippen LogP contribution >= 0.6 is 0 Å². The van der Waals surface area contributed by atoms with Crippen molar-refractivity contribution in [3.63, 3.8) is 0 Å².